The first-order valence-corrected chi connectivity index (χ1v) is 11.1. The van der Waals surface area contributed by atoms with Crippen molar-refractivity contribution < 1.29 is 24.2 Å². The zero-order valence-corrected chi connectivity index (χ0v) is 18.2. The van der Waals surface area contributed by atoms with E-state index in [-0.39, 0.29) is 24.3 Å². The standard InChI is InChI=1S/C22H29NO5S/c1-5-7-12-10-15(22(27)28-6-2)20(29-12)23-19(24)17-13-8-9-14(16(13)11(3)4)18(17)21(25)26/h10,13-14,17-18H,5-9H2,1-4H3,(H,23,24)(H,25,26)/t13-,14+,17+,18+/m1/s1. The van der Waals surface area contributed by atoms with Gasteiger partial charge in [0.15, 0.2) is 0 Å². The number of esters is 1. The van der Waals surface area contributed by atoms with E-state index in [0.29, 0.717) is 10.6 Å². The van der Waals surface area contributed by atoms with E-state index in [0.717, 1.165) is 41.7 Å². The molecular formula is C22H29NO5S. The van der Waals surface area contributed by atoms with Crippen LogP contribution in [0, 0.1) is 23.7 Å². The van der Waals surface area contributed by atoms with Gasteiger partial charge in [0, 0.05) is 4.88 Å². The van der Waals surface area contributed by atoms with Crippen molar-refractivity contribution in [1.29, 1.82) is 0 Å². The minimum absolute atomic E-state index is 0.0350. The molecule has 6 nitrogen and oxygen atoms in total. The first kappa shape index (κ1) is 21.6. The van der Waals surface area contributed by atoms with Crippen molar-refractivity contribution in [3.05, 3.63) is 27.7 Å². The molecule has 1 aromatic heterocycles. The Balaban J connectivity index is 1.90. The number of amides is 1. The smallest absolute Gasteiger partial charge is 0.341 e. The highest BCUT2D eigenvalue weighted by molar-refractivity contribution is 7.16. The number of aryl methyl sites for hydroxylation is 1. The predicted octanol–water partition coefficient (Wildman–Crippen LogP) is 4.51. The summed E-state index contributed by atoms with van der Waals surface area (Å²) in [7, 11) is 0. The largest absolute Gasteiger partial charge is 0.481 e. The van der Waals surface area contributed by atoms with Gasteiger partial charge in [-0.05, 0) is 57.9 Å². The van der Waals surface area contributed by atoms with E-state index in [1.807, 2.05) is 13.8 Å². The minimum Gasteiger partial charge on any atom is -0.481 e. The van der Waals surface area contributed by atoms with Crippen LogP contribution in [0.3, 0.4) is 0 Å². The second kappa shape index (κ2) is 8.69. The third-order valence-electron chi connectivity index (χ3n) is 6.02. The maximum atomic E-state index is 13.2. The van der Waals surface area contributed by atoms with Crippen molar-refractivity contribution in [2.75, 3.05) is 11.9 Å². The second-order valence-electron chi connectivity index (χ2n) is 8.05. The summed E-state index contributed by atoms with van der Waals surface area (Å²) < 4.78 is 5.14. The van der Waals surface area contributed by atoms with Crippen LogP contribution in [-0.2, 0) is 20.7 Å². The number of hydrogen-bond donors (Lipinski definition) is 2. The molecule has 2 aliphatic rings. The molecule has 3 rings (SSSR count). The van der Waals surface area contributed by atoms with Gasteiger partial charge >= 0.3 is 11.9 Å². The van der Waals surface area contributed by atoms with Gasteiger partial charge in [-0.3, -0.25) is 9.59 Å². The maximum Gasteiger partial charge on any atom is 0.341 e. The number of nitrogens with one attached hydrogen (secondary N) is 1. The predicted molar refractivity (Wildman–Crippen MR) is 112 cm³/mol. The van der Waals surface area contributed by atoms with Crippen LogP contribution in [0.2, 0.25) is 0 Å². The number of fused-ring (bicyclic) bond motifs is 2. The summed E-state index contributed by atoms with van der Waals surface area (Å²) in [6.45, 7) is 8.03. The lowest BCUT2D eigenvalue weighted by atomic mass is 9.79. The van der Waals surface area contributed by atoms with E-state index in [1.54, 1.807) is 13.0 Å². The van der Waals surface area contributed by atoms with Crippen LogP contribution in [0.4, 0.5) is 5.00 Å². The zero-order chi connectivity index (χ0) is 21.3. The molecule has 0 aromatic carbocycles. The molecule has 2 N–H and O–H groups in total. The molecule has 0 saturated heterocycles. The molecule has 0 radical (unpaired) electrons. The average molecular weight is 420 g/mol. The minimum atomic E-state index is -0.917. The molecular weight excluding hydrogens is 390 g/mol. The number of carbonyl (C=O) groups excluding carboxylic acids is 2. The van der Waals surface area contributed by atoms with Crippen molar-refractivity contribution in [2.45, 2.75) is 53.4 Å². The highest BCUT2D eigenvalue weighted by Crippen LogP contribution is 2.57. The molecule has 158 valence electrons. The highest BCUT2D eigenvalue weighted by Gasteiger charge is 2.57. The van der Waals surface area contributed by atoms with Crippen molar-refractivity contribution in [3.63, 3.8) is 0 Å². The van der Waals surface area contributed by atoms with Crippen molar-refractivity contribution in [3.8, 4) is 0 Å². The molecule has 4 atom stereocenters. The van der Waals surface area contributed by atoms with Gasteiger partial charge in [-0.15, -0.1) is 11.3 Å². The Hall–Kier alpha value is -2.15. The quantitative estimate of drug-likeness (QED) is 0.501. The van der Waals surface area contributed by atoms with Crippen LogP contribution in [0.5, 0.6) is 0 Å². The van der Waals surface area contributed by atoms with E-state index in [2.05, 4.69) is 12.2 Å². The molecule has 2 aliphatic carbocycles. The lowest BCUT2D eigenvalue weighted by Crippen LogP contribution is -2.37. The normalized spacial score (nSPS) is 25.2. The van der Waals surface area contributed by atoms with Crippen LogP contribution in [0.1, 0.15) is 62.2 Å². The van der Waals surface area contributed by atoms with Crippen molar-refractivity contribution >= 4 is 34.2 Å². The lowest BCUT2D eigenvalue weighted by molar-refractivity contribution is -0.148. The molecule has 7 heteroatoms. The summed E-state index contributed by atoms with van der Waals surface area (Å²) in [5.74, 6) is -3.11. The molecule has 2 saturated carbocycles. The van der Waals surface area contributed by atoms with E-state index < -0.39 is 23.8 Å². The number of hydrogen-bond acceptors (Lipinski definition) is 5. The molecule has 0 spiro atoms. The highest BCUT2D eigenvalue weighted by atomic mass is 32.1. The van der Waals surface area contributed by atoms with Crippen LogP contribution >= 0.6 is 11.3 Å². The van der Waals surface area contributed by atoms with E-state index >= 15 is 0 Å². The first-order valence-electron chi connectivity index (χ1n) is 10.3. The van der Waals surface area contributed by atoms with Gasteiger partial charge in [0.05, 0.1) is 24.0 Å². The van der Waals surface area contributed by atoms with Gasteiger partial charge in [-0.25, -0.2) is 4.79 Å². The summed E-state index contributed by atoms with van der Waals surface area (Å²) >= 11 is 1.37. The van der Waals surface area contributed by atoms with Crippen molar-refractivity contribution in [2.24, 2.45) is 23.7 Å². The van der Waals surface area contributed by atoms with E-state index in [9.17, 15) is 19.5 Å². The van der Waals surface area contributed by atoms with Gasteiger partial charge in [-0.2, -0.15) is 0 Å². The molecule has 29 heavy (non-hydrogen) atoms. The fourth-order valence-corrected chi connectivity index (χ4v) is 6.21. The maximum absolute atomic E-state index is 13.2. The first-order chi connectivity index (χ1) is 13.8. The topological polar surface area (TPSA) is 92.7 Å². The average Bonchev–Trinajstić information content (AvgIpc) is 3.33. The Kier molecular flexibility index (Phi) is 6.46. The van der Waals surface area contributed by atoms with E-state index in [4.69, 9.17) is 4.74 Å². The molecule has 0 unspecified atom stereocenters. The monoisotopic (exact) mass is 419 g/mol. The van der Waals surface area contributed by atoms with Gasteiger partial charge < -0.3 is 15.2 Å². The van der Waals surface area contributed by atoms with Crippen LogP contribution in [-0.4, -0.2) is 29.6 Å². The third-order valence-corrected chi connectivity index (χ3v) is 7.13. The molecule has 2 bridgehead atoms. The van der Waals surface area contributed by atoms with Crippen LogP contribution in [0.15, 0.2) is 17.2 Å². The number of allylic oxidation sites excluding steroid dienone is 2. The molecule has 2 fully saturated rings. The number of anilines is 1. The summed E-state index contributed by atoms with van der Waals surface area (Å²) in [5.41, 5.74) is 2.61. The third kappa shape index (κ3) is 3.97. The molecule has 1 aromatic rings. The molecule has 1 heterocycles. The zero-order valence-electron chi connectivity index (χ0n) is 17.4. The molecule has 1 amide bonds. The van der Waals surface area contributed by atoms with Gasteiger partial charge in [0.2, 0.25) is 5.91 Å². The summed E-state index contributed by atoms with van der Waals surface area (Å²) in [5, 5.41) is 13.2. The number of carboxylic acid groups (broad SMARTS) is 1. The Morgan fingerprint density at radius 3 is 2.38 bits per heavy atom. The van der Waals surface area contributed by atoms with Gasteiger partial charge in [-0.1, -0.05) is 24.5 Å². The number of carboxylic acids is 1. The van der Waals surface area contributed by atoms with Crippen molar-refractivity contribution in [1.82, 2.24) is 0 Å². The van der Waals surface area contributed by atoms with Crippen LogP contribution < -0.4 is 5.32 Å². The summed E-state index contributed by atoms with van der Waals surface area (Å²) in [6, 6.07) is 1.78. The fraction of sp³-hybridized carbons (Fsp3) is 0.591. The Labute approximate surface area is 175 Å². The number of aliphatic carboxylic acids is 1. The Morgan fingerprint density at radius 1 is 1.17 bits per heavy atom. The number of rotatable bonds is 7. The van der Waals surface area contributed by atoms with Gasteiger partial charge in [0.1, 0.15) is 5.00 Å². The number of ether oxygens (including phenoxy) is 1. The summed E-state index contributed by atoms with van der Waals surface area (Å²) in [4.78, 5) is 38.6. The number of thiophene rings is 1. The number of carbonyl (C=O) groups is 3. The van der Waals surface area contributed by atoms with Crippen LogP contribution in [0.25, 0.3) is 0 Å². The van der Waals surface area contributed by atoms with Gasteiger partial charge in [0.25, 0.3) is 0 Å². The Morgan fingerprint density at radius 2 is 1.83 bits per heavy atom. The van der Waals surface area contributed by atoms with E-state index in [1.165, 1.54) is 11.3 Å². The second-order valence-corrected chi connectivity index (χ2v) is 9.19. The SMILES string of the molecule is CCCc1cc(C(=O)OCC)c(NC(=O)[C@@H]2[C@@H](C(=O)O)[C@H]3CC[C@@H]2C3=C(C)C)s1. The summed E-state index contributed by atoms with van der Waals surface area (Å²) in [6.07, 6.45) is 3.39. The lowest BCUT2D eigenvalue weighted by Gasteiger charge is -2.26. The fourth-order valence-electron chi connectivity index (χ4n) is 5.06. The Bertz CT molecular complexity index is 851. The molecule has 0 aliphatic heterocycles.